The molecule has 0 spiro atoms. The van der Waals surface area contributed by atoms with E-state index < -0.39 is 0 Å². The van der Waals surface area contributed by atoms with Gasteiger partial charge in [0.25, 0.3) is 0 Å². The Labute approximate surface area is 124 Å². The molecule has 2 aromatic heterocycles. The van der Waals surface area contributed by atoms with E-state index in [1.165, 1.54) is 18.2 Å². The zero-order valence-electron chi connectivity index (χ0n) is 12.2. The van der Waals surface area contributed by atoms with Gasteiger partial charge in [-0.05, 0) is 36.8 Å². The standard InChI is InChI=1S/C15H22N4S/c1-11(2)8-19(9-12-4-3-6-16-12)14-13-5-7-20-15(13)18-10-17-14/h5,7,10-12,16H,3-4,6,8-9H2,1-2H3. The normalized spacial score (nSPS) is 19.1. The average molecular weight is 290 g/mol. The maximum Gasteiger partial charge on any atom is 0.140 e. The van der Waals surface area contributed by atoms with Gasteiger partial charge >= 0.3 is 0 Å². The van der Waals surface area contributed by atoms with Gasteiger partial charge in [-0.15, -0.1) is 11.3 Å². The summed E-state index contributed by atoms with van der Waals surface area (Å²) in [5.41, 5.74) is 0. The summed E-state index contributed by atoms with van der Waals surface area (Å²) in [5, 5.41) is 6.88. The molecule has 1 N–H and O–H groups in total. The lowest BCUT2D eigenvalue weighted by Gasteiger charge is -2.28. The van der Waals surface area contributed by atoms with Crippen LogP contribution in [-0.4, -0.2) is 35.6 Å². The smallest absolute Gasteiger partial charge is 0.140 e. The molecular formula is C15H22N4S. The minimum atomic E-state index is 0.595. The molecule has 1 fully saturated rings. The molecule has 3 rings (SSSR count). The molecule has 0 radical (unpaired) electrons. The first-order valence-electron chi connectivity index (χ1n) is 7.40. The van der Waals surface area contributed by atoms with E-state index in [1.54, 1.807) is 17.7 Å². The van der Waals surface area contributed by atoms with Crippen LogP contribution >= 0.6 is 11.3 Å². The highest BCUT2D eigenvalue weighted by Crippen LogP contribution is 2.27. The zero-order chi connectivity index (χ0) is 13.9. The predicted molar refractivity (Wildman–Crippen MR) is 85.5 cm³/mol. The number of fused-ring (bicyclic) bond motifs is 1. The van der Waals surface area contributed by atoms with Crippen LogP contribution in [0.2, 0.25) is 0 Å². The molecule has 1 atom stereocenters. The number of nitrogens with zero attached hydrogens (tertiary/aromatic N) is 3. The number of hydrogen-bond acceptors (Lipinski definition) is 5. The van der Waals surface area contributed by atoms with E-state index in [9.17, 15) is 0 Å². The van der Waals surface area contributed by atoms with Gasteiger partial charge in [0.2, 0.25) is 0 Å². The van der Waals surface area contributed by atoms with Crippen LogP contribution in [0.15, 0.2) is 17.8 Å². The van der Waals surface area contributed by atoms with Crippen molar-refractivity contribution in [3.05, 3.63) is 17.8 Å². The van der Waals surface area contributed by atoms with Gasteiger partial charge in [0.1, 0.15) is 17.0 Å². The van der Waals surface area contributed by atoms with Gasteiger partial charge < -0.3 is 10.2 Å². The lowest BCUT2D eigenvalue weighted by molar-refractivity contribution is 0.538. The lowest BCUT2D eigenvalue weighted by Crippen LogP contribution is -2.40. The van der Waals surface area contributed by atoms with Gasteiger partial charge in [-0.3, -0.25) is 0 Å². The molecule has 0 aromatic carbocycles. The summed E-state index contributed by atoms with van der Waals surface area (Å²) >= 11 is 1.69. The van der Waals surface area contributed by atoms with Crippen molar-refractivity contribution in [2.75, 3.05) is 24.5 Å². The molecule has 108 valence electrons. The second-order valence-electron chi connectivity index (χ2n) is 5.93. The lowest BCUT2D eigenvalue weighted by atomic mass is 10.1. The topological polar surface area (TPSA) is 41.0 Å². The van der Waals surface area contributed by atoms with Crippen LogP contribution in [0, 0.1) is 5.92 Å². The Bertz CT molecular complexity index is 560. The second-order valence-corrected chi connectivity index (χ2v) is 6.82. The Morgan fingerprint density at radius 3 is 3.10 bits per heavy atom. The van der Waals surface area contributed by atoms with Gasteiger partial charge in [0.15, 0.2) is 0 Å². The summed E-state index contributed by atoms with van der Waals surface area (Å²) in [6.45, 7) is 7.76. The van der Waals surface area contributed by atoms with Gasteiger partial charge in [0, 0.05) is 19.1 Å². The van der Waals surface area contributed by atoms with Crippen molar-refractivity contribution in [2.24, 2.45) is 5.92 Å². The van der Waals surface area contributed by atoms with Crippen molar-refractivity contribution in [3.8, 4) is 0 Å². The van der Waals surface area contributed by atoms with Crippen LogP contribution in [0.3, 0.4) is 0 Å². The monoisotopic (exact) mass is 290 g/mol. The average Bonchev–Trinajstić information content (AvgIpc) is 3.07. The number of rotatable bonds is 5. The van der Waals surface area contributed by atoms with Crippen molar-refractivity contribution in [1.82, 2.24) is 15.3 Å². The molecule has 1 saturated heterocycles. The van der Waals surface area contributed by atoms with Crippen LogP contribution in [0.25, 0.3) is 10.2 Å². The Balaban J connectivity index is 1.88. The summed E-state index contributed by atoms with van der Waals surface area (Å²) in [5.74, 6) is 1.72. The fourth-order valence-electron chi connectivity index (χ4n) is 2.90. The summed E-state index contributed by atoms with van der Waals surface area (Å²) in [4.78, 5) is 12.4. The minimum absolute atomic E-state index is 0.595. The molecule has 0 saturated carbocycles. The first-order valence-corrected chi connectivity index (χ1v) is 8.28. The number of thiophene rings is 1. The van der Waals surface area contributed by atoms with Crippen LogP contribution in [0.5, 0.6) is 0 Å². The largest absolute Gasteiger partial charge is 0.354 e. The molecule has 3 heterocycles. The Kier molecular flexibility index (Phi) is 4.17. The molecule has 0 aliphatic carbocycles. The summed E-state index contributed by atoms with van der Waals surface area (Å²) in [6, 6.07) is 2.74. The van der Waals surface area contributed by atoms with Crippen LogP contribution < -0.4 is 10.2 Å². The SMILES string of the molecule is CC(C)CN(CC1CCCN1)c1ncnc2sccc12. The Morgan fingerprint density at radius 2 is 2.35 bits per heavy atom. The van der Waals surface area contributed by atoms with Gasteiger partial charge in [-0.2, -0.15) is 0 Å². The third-order valence-corrected chi connectivity index (χ3v) is 4.55. The molecule has 20 heavy (non-hydrogen) atoms. The van der Waals surface area contributed by atoms with E-state index in [0.717, 1.165) is 30.3 Å². The van der Waals surface area contributed by atoms with Gasteiger partial charge in [-0.25, -0.2) is 9.97 Å². The first kappa shape index (κ1) is 13.8. The molecule has 0 amide bonds. The number of anilines is 1. The van der Waals surface area contributed by atoms with Crippen LogP contribution in [-0.2, 0) is 0 Å². The van der Waals surface area contributed by atoms with E-state index in [1.807, 2.05) is 0 Å². The molecular weight excluding hydrogens is 268 g/mol. The highest BCUT2D eigenvalue weighted by atomic mass is 32.1. The second kappa shape index (κ2) is 6.06. The van der Waals surface area contributed by atoms with E-state index in [4.69, 9.17) is 0 Å². The zero-order valence-corrected chi connectivity index (χ0v) is 13.0. The summed E-state index contributed by atoms with van der Waals surface area (Å²) in [6.07, 6.45) is 4.26. The van der Waals surface area contributed by atoms with E-state index in [2.05, 4.69) is 45.5 Å². The van der Waals surface area contributed by atoms with Gasteiger partial charge in [0.05, 0.1) is 5.39 Å². The fraction of sp³-hybridized carbons (Fsp3) is 0.600. The van der Waals surface area contributed by atoms with Crippen molar-refractivity contribution < 1.29 is 0 Å². The highest BCUT2D eigenvalue weighted by molar-refractivity contribution is 7.16. The maximum atomic E-state index is 4.57. The van der Waals surface area contributed by atoms with Crippen molar-refractivity contribution in [1.29, 1.82) is 0 Å². The van der Waals surface area contributed by atoms with Gasteiger partial charge in [-0.1, -0.05) is 13.8 Å². The van der Waals surface area contributed by atoms with Crippen molar-refractivity contribution >= 4 is 27.4 Å². The van der Waals surface area contributed by atoms with Crippen molar-refractivity contribution in [3.63, 3.8) is 0 Å². The third-order valence-electron chi connectivity index (χ3n) is 3.73. The summed E-state index contributed by atoms with van der Waals surface area (Å²) in [7, 11) is 0. The molecule has 1 aliphatic heterocycles. The molecule has 5 heteroatoms. The number of aromatic nitrogens is 2. The Morgan fingerprint density at radius 1 is 1.45 bits per heavy atom. The maximum absolute atomic E-state index is 4.57. The third kappa shape index (κ3) is 2.94. The molecule has 1 aliphatic rings. The molecule has 1 unspecified atom stereocenters. The fourth-order valence-corrected chi connectivity index (χ4v) is 3.62. The molecule has 2 aromatic rings. The van der Waals surface area contributed by atoms with E-state index in [-0.39, 0.29) is 0 Å². The first-order chi connectivity index (χ1) is 9.74. The van der Waals surface area contributed by atoms with E-state index >= 15 is 0 Å². The Hall–Kier alpha value is -1.20. The minimum Gasteiger partial charge on any atom is -0.354 e. The molecule has 0 bridgehead atoms. The number of hydrogen-bond donors (Lipinski definition) is 1. The highest BCUT2D eigenvalue weighted by Gasteiger charge is 2.21. The quantitative estimate of drug-likeness (QED) is 0.919. The molecule has 4 nitrogen and oxygen atoms in total. The van der Waals surface area contributed by atoms with Crippen molar-refractivity contribution in [2.45, 2.75) is 32.7 Å². The van der Waals surface area contributed by atoms with E-state index in [0.29, 0.717) is 12.0 Å². The van der Waals surface area contributed by atoms with Crippen LogP contribution in [0.4, 0.5) is 5.82 Å². The van der Waals surface area contributed by atoms with Crippen LogP contribution in [0.1, 0.15) is 26.7 Å². The predicted octanol–water partition coefficient (Wildman–Crippen LogP) is 2.91. The number of nitrogens with one attached hydrogen (secondary N) is 1. The summed E-state index contributed by atoms with van der Waals surface area (Å²) < 4.78 is 0.